The molecule has 0 atom stereocenters. The summed E-state index contributed by atoms with van der Waals surface area (Å²) in [7, 11) is 0. The summed E-state index contributed by atoms with van der Waals surface area (Å²) in [5.41, 5.74) is 0. The molecule has 0 aromatic carbocycles. The molecule has 0 aliphatic heterocycles. The Kier molecular flexibility index (Phi) is 14.0. The van der Waals surface area contributed by atoms with Crippen LogP contribution in [0.4, 0.5) is 0 Å². The highest BCUT2D eigenvalue weighted by Crippen LogP contribution is 2.06. The van der Waals surface area contributed by atoms with E-state index in [2.05, 4.69) is 12.2 Å². The summed E-state index contributed by atoms with van der Waals surface area (Å²) < 4.78 is 5.17. The van der Waals surface area contributed by atoms with Crippen molar-refractivity contribution in [2.24, 2.45) is 0 Å². The maximum Gasteiger partial charge on any atom is 0.305 e. The van der Waals surface area contributed by atoms with Gasteiger partial charge in [0.15, 0.2) is 0 Å². The van der Waals surface area contributed by atoms with Gasteiger partial charge < -0.3 is 15.2 Å². The number of unbranched alkanes of at least 4 members (excludes halogenated alkanes) is 6. The van der Waals surface area contributed by atoms with E-state index in [-0.39, 0.29) is 6.42 Å². The zero-order valence-electron chi connectivity index (χ0n) is 11.7. The van der Waals surface area contributed by atoms with Gasteiger partial charge in [0.1, 0.15) is 0 Å². The number of ether oxygens (including phenoxy) is 1. The standard InChI is InChI=1S/C14H29NO3/c1-2-3-4-5-6-7-8-10-15-11-13-18-12-9-14(16)17/h15H,2-13H2,1H3,(H,16,17). The van der Waals surface area contributed by atoms with Crippen LogP contribution in [0.1, 0.15) is 58.3 Å². The van der Waals surface area contributed by atoms with Crippen LogP contribution >= 0.6 is 0 Å². The lowest BCUT2D eigenvalue weighted by Crippen LogP contribution is -2.21. The summed E-state index contributed by atoms with van der Waals surface area (Å²) in [4.78, 5) is 10.2. The Morgan fingerprint density at radius 3 is 2.33 bits per heavy atom. The number of hydrogen-bond acceptors (Lipinski definition) is 3. The molecule has 0 rings (SSSR count). The van der Waals surface area contributed by atoms with Crippen molar-refractivity contribution < 1.29 is 14.6 Å². The molecule has 0 heterocycles. The summed E-state index contributed by atoms with van der Waals surface area (Å²) in [6.45, 7) is 5.01. The van der Waals surface area contributed by atoms with Crippen molar-refractivity contribution in [2.45, 2.75) is 58.3 Å². The van der Waals surface area contributed by atoms with Crippen LogP contribution in [0, 0.1) is 0 Å². The zero-order valence-corrected chi connectivity index (χ0v) is 11.7. The average molecular weight is 259 g/mol. The molecule has 0 unspecified atom stereocenters. The Bertz CT molecular complexity index is 186. The number of rotatable bonds is 14. The SMILES string of the molecule is CCCCCCCCCNCCOCCC(=O)O. The van der Waals surface area contributed by atoms with Gasteiger partial charge in [-0.05, 0) is 13.0 Å². The maximum atomic E-state index is 10.2. The summed E-state index contributed by atoms with van der Waals surface area (Å²) in [5.74, 6) is -0.800. The van der Waals surface area contributed by atoms with Gasteiger partial charge in [-0.1, -0.05) is 45.4 Å². The van der Waals surface area contributed by atoms with Gasteiger partial charge >= 0.3 is 5.97 Å². The van der Waals surface area contributed by atoms with Crippen LogP contribution in [0.15, 0.2) is 0 Å². The maximum absolute atomic E-state index is 10.2. The van der Waals surface area contributed by atoms with E-state index in [0.29, 0.717) is 13.2 Å². The molecule has 4 heteroatoms. The van der Waals surface area contributed by atoms with Crippen molar-refractivity contribution in [3.63, 3.8) is 0 Å². The number of carboxylic acids is 1. The minimum Gasteiger partial charge on any atom is -0.481 e. The van der Waals surface area contributed by atoms with E-state index >= 15 is 0 Å². The average Bonchev–Trinajstić information content (AvgIpc) is 2.34. The third-order valence-electron chi connectivity index (χ3n) is 2.84. The van der Waals surface area contributed by atoms with E-state index in [1.165, 1.54) is 44.9 Å². The van der Waals surface area contributed by atoms with Gasteiger partial charge in [0.05, 0.1) is 19.6 Å². The smallest absolute Gasteiger partial charge is 0.305 e. The molecule has 0 aromatic rings. The van der Waals surface area contributed by atoms with Crippen LogP contribution in [0.5, 0.6) is 0 Å². The topological polar surface area (TPSA) is 58.6 Å². The van der Waals surface area contributed by atoms with Gasteiger partial charge in [0.2, 0.25) is 0 Å². The highest BCUT2D eigenvalue weighted by atomic mass is 16.5. The molecular weight excluding hydrogens is 230 g/mol. The predicted octanol–water partition coefficient (Wildman–Crippen LogP) is 2.82. The van der Waals surface area contributed by atoms with Crippen molar-refractivity contribution in [1.82, 2.24) is 5.32 Å². The van der Waals surface area contributed by atoms with Crippen LogP contribution in [-0.2, 0) is 9.53 Å². The highest BCUT2D eigenvalue weighted by molar-refractivity contribution is 5.66. The molecule has 4 nitrogen and oxygen atoms in total. The van der Waals surface area contributed by atoms with Crippen LogP contribution < -0.4 is 5.32 Å². The molecule has 108 valence electrons. The first-order chi connectivity index (χ1) is 8.77. The summed E-state index contributed by atoms with van der Waals surface area (Å²) >= 11 is 0. The van der Waals surface area contributed by atoms with E-state index in [0.717, 1.165) is 13.1 Å². The van der Waals surface area contributed by atoms with Crippen LogP contribution in [0.25, 0.3) is 0 Å². The molecule has 0 saturated heterocycles. The number of nitrogens with one attached hydrogen (secondary N) is 1. The Labute approximate surface area is 111 Å². The van der Waals surface area contributed by atoms with Gasteiger partial charge in [-0.15, -0.1) is 0 Å². The second-order valence-corrected chi connectivity index (χ2v) is 4.63. The van der Waals surface area contributed by atoms with Crippen molar-refractivity contribution in [1.29, 1.82) is 0 Å². The first kappa shape index (κ1) is 17.4. The van der Waals surface area contributed by atoms with Gasteiger partial charge in [-0.25, -0.2) is 0 Å². The molecular formula is C14H29NO3. The zero-order chi connectivity index (χ0) is 13.5. The van der Waals surface area contributed by atoms with Gasteiger partial charge in [0.25, 0.3) is 0 Å². The molecule has 0 aromatic heterocycles. The Balaban J connectivity index is 2.92. The second-order valence-electron chi connectivity index (χ2n) is 4.63. The van der Waals surface area contributed by atoms with Crippen LogP contribution in [0.2, 0.25) is 0 Å². The lowest BCUT2D eigenvalue weighted by atomic mass is 10.1. The first-order valence-electron chi connectivity index (χ1n) is 7.27. The highest BCUT2D eigenvalue weighted by Gasteiger charge is 1.95. The molecule has 0 bridgehead atoms. The molecule has 0 spiro atoms. The summed E-state index contributed by atoms with van der Waals surface area (Å²) in [6, 6.07) is 0. The van der Waals surface area contributed by atoms with Crippen LogP contribution in [-0.4, -0.2) is 37.4 Å². The fourth-order valence-electron chi connectivity index (χ4n) is 1.74. The van der Waals surface area contributed by atoms with Gasteiger partial charge in [0, 0.05) is 6.54 Å². The molecule has 0 aliphatic rings. The van der Waals surface area contributed by atoms with Crippen LogP contribution in [0.3, 0.4) is 0 Å². The van der Waals surface area contributed by atoms with Gasteiger partial charge in [-0.2, -0.15) is 0 Å². The molecule has 0 fully saturated rings. The largest absolute Gasteiger partial charge is 0.481 e. The van der Waals surface area contributed by atoms with Gasteiger partial charge in [-0.3, -0.25) is 4.79 Å². The number of hydrogen-bond donors (Lipinski definition) is 2. The van der Waals surface area contributed by atoms with E-state index in [1.54, 1.807) is 0 Å². The minimum atomic E-state index is -0.800. The molecule has 2 N–H and O–H groups in total. The Morgan fingerprint density at radius 1 is 1.00 bits per heavy atom. The van der Waals surface area contributed by atoms with Crippen molar-refractivity contribution in [2.75, 3.05) is 26.3 Å². The summed E-state index contributed by atoms with van der Waals surface area (Å²) in [6.07, 6.45) is 9.38. The monoisotopic (exact) mass is 259 g/mol. The Morgan fingerprint density at radius 2 is 1.67 bits per heavy atom. The molecule has 0 saturated carbocycles. The number of aliphatic carboxylic acids is 1. The second kappa shape index (κ2) is 14.5. The molecule has 0 radical (unpaired) electrons. The van der Waals surface area contributed by atoms with Crippen molar-refractivity contribution in [3.8, 4) is 0 Å². The lowest BCUT2D eigenvalue weighted by molar-refractivity contribution is -0.138. The quantitative estimate of drug-likeness (QED) is 0.471. The third-order valence-corrected chi connectivity index (χ3v) is 2.84. The predicted molar refractivity (Wildman–Crippen MR) is 73.9 cm³/mol. The fourth-order valence-corrected chi connectivity index (χ4v) is 1.74. The lowest BCUT2D eigenvalue weighted by Gasteiger charge is -2.05. The van der Waals surface area contributed by atoms with Crippen molar-refractivity contribution in [3.05, 3.63) is 0 Å². The van der Waals surface area contributed by atoms with E-state index < -0.39 is 5.97 Å². The number of carbonyl (C=O) groups is 1. The molecule has 0 aliphatic carbocycles. The third kappa shape index (κ3) is 15.4. The van der Waals surface area contributed by atoms with Crippen molar-refractivity contribution >= 4 is 5.97 Å². The van der Waals surface area contributed by atoms with E-state index in [9.17, 15) is 4.79 Å². The fraction of sp³-hybridized carbons (Fsp3) is 0.929. The number of carboxylic acid groups (broad SMARTS) is 1. The normalized spacial score (nSPS) is 10.7. The molecule has 18 heavy (non-hydrogen) atoms. The Hall–Kier alpha value is -0.610. The molecule has 0 amide bonds. The first-order valence-corrected chi connectivity index (χ1v) is 7.27. The summed E-state index contributed by atoms with van der Waals surface area (Å²) in [5, 5.41) is 11.7. The minimum absolute atomic E-state index is 0.0950. The van der Waals surface area contributed by atoms with E-state index in [4.69, 9.17) is 9.84 Å². The van der Waals surface area contributed by atoms with E-state index in [1.807, 2.05) is 0 Å².